The highest BCUT2D eigenvalue weighted by molar-refractivity contribution is 8.13. The number of amides is 3. The Kier molecular flexibility index (Phi) is 17.4. The number of carbonyl (C=O) groups excluding carboxylic acids is 5. The normalized spacial score (nSPS) is 18.0. The Bertz CT molecular complexity index is 1020. The maximum atomic E-state index is 12.5. The lowest BCUT2D eigenvalue weighted by Crippen LogP contribution is -2.55. The van der Waals surface area contributed by atoms with Crippen LogP contribution in [0.1, 0.15) is 109 Å². The van der Waals surface area contributed by atoms with Gasteiger partial charge >= 0.3 is 5.97 Å². The third kappa shape index (κ3) is 15.4. The first kappa shape index (κ1) is 35.9. The van der Waals surface area contributed by atoms with Crippen LogP contribution in [0.3, 0.4) is 0 Å². The van der Waals surface area contributed by atoms with Crippen molar-refractivity contribution in [2.24, 2.45) is 0 Å². The molecule has 1 aliphatic heterocycles. The molecule has 11 nitrogen and oxygen atoms in total. The maximum absolute atomic E-state index is 12.5. The molecule has 0 spiro atoms. The van der Waals surface area contributed by atoms with E-state index in [1.54, 1.807) is 12.2 Å². The predicted octanol–water partition coefficient (Wildman–Crippen LogP) is 4.21. The fourth-order valence-corrected chi connectivity index (χ4v) is 4.27. The molecule has 1 unspecified atom stereocenters. The molecule has 2 bridgehead atoms. The first-order chi connectivity index (χ1) is 19.5. The van der Waals surface area contributed by atoms with Gasteiger partial charge in [-0.3, -0.25) is 24.0 Å². The number of fused-ring (bicyclic) bond motifs is 2. The number of cyclic esters (lactones) is 1. The van der Waals surface area contributed by atoms with E-state index in [9.17, 15) is 24.0 Å². The molecular formula is C29H46N4O7S. The van der Waals surface area contributed by atoms with E-state index in [1.165, 1.54) is 44.9 Å². The number of nitrogens with one attached hydrogen (secondary N) is 3. The summed E-state index contributed by atoms with van der Waals surface area (Å²) in [5, 5.41) is 7.75. The molecule has 1 aromatic heterocycles. The van der Waals surface area contributed by atoms with Crippen LogP contribution in [0.25, 0.3) is 0 Å². The Morgan fingerprint density at radius 3 is 2.49 bits per heavy atom. The number of hydrogen-bond donors (Lipinski definition) is 3. The number of unbranched alkanes of at least 4 members (excludes halogenated alkanes) is 4. The van der Waals surface area contributed by atoms with E-state index in [1.807, 2.05) is 0 Å². The summed E-state index contributed by atoms with van der Waals surface area (Å²) in [5.74, 6) is -1.72. The number of carbonyl (C=O) groups is 5. The summed E-state index contributed by atoms with van der Waals surface area (Å²) in [6.07, 6.45) is 11.3. The SMILES string of the molecule is CCC.CCCCCCCC(=O)SCC/C=C/C1CC(=O)NCc2nc(co2)C(=O)NC(C)(C)C(=O)NCC(=O)O1. The summed E-state index contributed by atoms with van der Waals surface area (Å²) in [7, 11) is 0. The Hall–Kier alpha value is -3.15. The summed E-state index contributed by atoms with van der Waals surface area (Å²) < 4.78 is 10.6. The lowest BCUT2D eigenvalue weighted by molar-refractivity contribution is -0.148. The van der Waals surface area contributed by atoms with Crippen LogP contribution in [-0.2, 0) is 30.5 Å². The smallest absolute Gasteiger partial charge is 0.326 e. The number of aromatic nitrogens is 1. The largest absolute Gasteiger partial charge is 0.456 e. The molecule has 1 aromatic rings. The quantitative estimate of drug-likeness (QED) is 0.205. The van der Waals surface area contributed by atoms with Gasteiger partial charge in [0.1, 0.15) is 24.5 Å². The van der Waals surface area contributed by atoms with E-state index in [0.717, 1.165) is 25.5 Å². The van der Waals surface area contributed by atoms with E-state index in [2.05, 4.69) is 41.7 Å². The summed E-state index contributed by atoms with van der Waals surface area (Å²) >= 11 is 1.27. The van der Waals surface area contributed by atoms with Crippen molar-refractivity contribution < 1.29 is 33.1 Å². The summed E-state index contributed by atoms with van der Waals surface area (Å²) in [6, 6.07) is 0. The zero-order valence-electron chi connectivity index (χ0n) is 25.0. The number of oxazole rings is 1. The summed E-state index contributed by atoms with van der Waals surface area (Å²) in [5.41, 5.74) is -1.39. The van der Waals surface area contributed by atoms with Gasteiger partial charge in [0.05, 0.1) is 13.0 Å². The topological polar surface area (TPSA) is 157 Å². The molecule has 1 aliphatic rings. The second-order valence-corrected chi connectivity index (χ2v) is 11.4. The molecule has 0 aromatic carbocycles. The van der Waals surface area contributed by atoms with Crippen molar-refractivity contribution in [1.82, 2.24) is 20.9 Å². The number of rotatable bonds is 10. The zero-order valence-corrected chi connectivity index (χ0v) is 25.8. The Morgan fingerprint density at radius 1 is 1.07 bits per heavy atom. The van der Waals surface area contributed by atoms with E-state index in [0.29, 0.717) is 18.6 Å². The van der Waals surface area contributed by atoms with Crippen molar-refractivity contribution in [3.05, 3.63) is 30.0 Å². The fraction of sp³-hybridized carbons (Fsp3) is 0.655. The molecule has 230 valence electrons. The number of esters is 1. The van der Waals surface area contributed by atoms with Gasteiger partial charge in [-0.1, -0.05) is 70.7 Å². The Balaban J connectivity index is 0.00000268. The molecule has 0 saturated heterocycles. The first-order valence-electron chi connectivity index (χ1n) is 14.4. The summed E-state index contributed by atoms with van der Waals surface area (Å²) in [6.45, 7) is 8.85. The standard InChI is InChI=1S/C26H38N4O7S.C3H8/c1-4-5-6-7-8-12-23(33)38-13-10-9-11-18-14-20(31)27-15-21-29-19(17-36-21)24(34)30-26(2,3)25(35)28-16-22(32)37-18;1-3-2/h9,11,17-18H,4-8,10,12-16H2,1-3H3,(H,27,31)(H,28,35)(H,30,34);3H2,1-2H3/b11-9+;. The van der Waals surface area contributed by atoms with E-state index in [4.69, 9.17) is 9.15 Å². The van der Waals surface area contributed by atoms with E-state index >= 15 is 0 Å². The van der Waals surface area contributed by atoms with Crippen LogP contribution in [-0.4, -0.2) is 57.7 Å². The average Bonchev–Trinajstić information content (AvgIpc) is 3.39. The van der Waals surface area contributed by atoms with Crippen molar-refractivity contribution in [3.63, 3.8) is 0 Å². The highest BCUT2D eigenvalue weighted by Gasteiger charge is 2.31. The Labute approximate surface area is 247 Å². The minimum absolute atomic E-state index is 0.0460. The van der Waals surface area contributed by atoms with Crippen molar-refractivity contribution >= 4 is 40.6 Å². The van der Waals surface area contributed by atoms with Gasteiger partial charge in [0.15, 0.2) is 10.8 Å². The van der Waals surface area contributed by atoms with Crippen molar-refractivity contribution in [2.75, 3.05) is 12.3 Å². The zero-order chi connectivity index (χ0) is 30.7. The number of ether oxygens (including phenoxy) is 1. The third-order valence-corrected chi connectivity index (χ3v) is 6.63. The number of nitrogens with zero attached hydrogens (tertiary/aromatic N) is 1. The van der Waals surface area contributed by atoms with Gasteiger partial charge in [0.25, 0.3) is 5.91 Å². The first-order valence-corrected chi connectivity index (χ1v) is 15.3. The van der Waals surface area contributed by atoms with Gasteiger partial charge in [0.2, 0.25) is 17.7 Å². The maximum Gasteiger partial charge on any atom is 0.326 e. The van der Waals surface area contributed by atoms with Crippen LogP contribution in [0.2, 0.25) is 0 Å². The average molecular weight is 595 g/mol. The molecule has 3 N–H and O–H groups in total. The third-order valence-electron chi connectivity index (χ3n) is 5.66. The fourth-order valence-electron chi connectivity index (χ4n) is 3.50. The van der Waals surface area contributed by atoms with Crippen molar-refractivity contribution in [1.29, 1.82) is 0 Å². The van der Waals surface area contributed by atoms with Gasteiger partial charge in [-0.25, -0.2) is 4.98 Å². The molecule has 12 heteroatoms. The second-order valence-electron chi connectivity index (χ2n) is 10.2. The van der Waals surface area contributed by atoms with Gasteiger partial charge in [-0.05, 0) is 32.8 Å². The molecule has 0 saturated carbocycles. The number of hydrogen-bond acceptors (Lipinski definition) is 9. The molecule has 0 radical (unpaired) electrons. The van der Waals surface area contributed by atoms with Gasteiger partial charge in [-0.2, -0.15) is 0 Å². The minimum atomic E-state index is -1.34. The van der Waals surface area contributed by atoms with Crippen LogP contribution in [0, 0.1) is 0 Å². The molecule has 3 amide bonds. The lowest BCUT2D eigenvalue weighted by Gasteiger charge is -2.24. The molecule has 0 aliphatic carbocycles. The number of allylic oxidation sites excluding steroid dienone is 1. The molecular weight excluding hydrogens is 548 g/mol. The Morgan fingerprint density at radius 2 is 1.78 bits per heavy atom. The molecule has 41 heavy (non-hydrogen) atoms. The molecule has 2 rings (SSSR count). The predicted molar refractivity (Wildman–Crippen MR) is 158 cm³/mol. The minimum Gasteiger partial charge on any atom is -0.456 e. The lowest BCUT2D eigenvalue weighted by atomic mass is 10.0. The van der Waals surface area contributed by atoms with Gasteiger partial charge in [-0.15, -0.1) is 0 Å². The van der Waals surface area contributed by atoms with Gasteiger partial charge in [0, 0.05) is 12.2 Å². The summed E-state index contributed by atoms with van der Waals surface area (Å²) in [4.78, 5) is 65.8. The van der Waals surface area contributed by atoms with Crippen LogP contribution in [0.4, 0.5) is 0 Å². The molecule has 0 fully saturated rings. The van der Waals surface area contributed by atoms with Crippen molar-refractivity contribution in [3.8, 4) is 0 Å². The molecule has 1 atom stereocenters. The molecule has 2 heterocycles. The van der Waals surface area contributed by atoms with Crippen LogP contribution in [0.5, 0.6) is 0 Å². The van der Waals surface area contributed by atoms with E-state index in [-0.39, 0.29) is 29.7 Å². The monoisotopic (exact) mass is 594 g/mol. The van der Waals surface area contributed by atoms with Crippen LogP contribution >= 0.6 is 11.8 Å². The van der Waals surface area contributed by atoms with E-state index < -0.39 is 41.9 Å². The van der Waals surface area contributed by atoms with Gasteiger partial charge < -0.3 is 25.1 Å². The van der Waals surface area contributed by atoms with Crippen LogP contribution < -0.4 is 16.0 Å². The van der Waals surface area contributed by atoms with Crippen molar-refractivity contribution in [2.45, 2.75) is 111 Å². The second kappa shape index (κ2) is 19.8. The highest BCUT2D eigenvalue weighted by atomic mass is 32.2. The highest BCUT2D eigenvalue weighted by Crippen LogP contribution is 2.14. The number of thioether (sulfide) groups is 1. The van der Waals surface area contributed by atoms with Crippen LogP contribution in [0.15, 0.2) is 22.8 Å².